The van der Waals surface area contributed by atoms with Crippen LogP contribution in [0.5, 0.6) is 11.5 Å². The number of ether oxygens (including phenoxy) is 2. The molecule has 6 heteroatoms. The number of benzene rings is 3. The van der Waals surface area contributed by atoms with Gasteiger partial charge < -0.3 is 9.47 Å². The van der Waals surface area contributed by atoms with Gasteiger partial charge in [0, 0.05) is 10.5 Å². The molecule has 0 fully saturated rings. The molecule has 1 aliphatic rings. The van der Waals surface area contributed by atoms with E-state index in [0.29, 0.717) is 21.9 Å². The average molecular weight is 470 g/mol. The SMILES string of the molecule is Cc1cc(OC(=O)c2ccccc2Cl)cc2c1C(=O)/C(=C/c1ccc(Br)cc1)O2. The fraction of sp³-hybridized carbons (Fsp3) is 0.0435. The van der Waals surface area contributed by atoms with E-state index in [1.54, 1.807) is 43.3 Å². The number of ketones is 1. The van der Waals surface area contributed by atoms with Crippen LogP contribution in [-0.4, -0.2) is 11.8 Å². The van der Waals surface area contributed by atoms with Crippen molar-refractivity contribution in [2.24, 2.45) is 0 Å². The molecular formula is C23H14BrClO4. The minimum absolute atomic E-state index is 0.204. The molecule has 0 atom stereocenters. The summed E-state index contributed by atoms with van der Waals surface area (Å²) in [6.45, 7) is 1.77. The molecule has 29 heavy (non-hydrogen) atoms. The van der Waals surface area contributed by atoms with E-state index in [9.17, 15) is 9.59 Å². The van der Waals surface area contributed by atoms with Gasteiger partial charge in [0.15, 0.2) is 5.76 Å². The molecule has 4 rings (SSSR count). The molecule has 0 saturated carbocycles. The monoisotopic (exact) mass is 468 g/mol. The average Bonchev–Trinajstić information content (AvgIpc) is 2.99. The summed E-state index contributed by atoms with van der Waals surface area (Å²) in [6.07, 6.45) is 1.68. The van der Waals surface area contributed by atoms with Crippen LogP contribution in [0.2, 0.25) is 5.02 Å². The Labute approximate surface area is 180 Å². The summed E-state index contributed by atoms with van der Waals surface area (Å²) < 4.78 is 12.2. The van der Waals surface area contributed by atoms with E-state index in [-0.39, 0.29) is 22.9 Å². The van der Waals surface area contributed by atoms with Crippen molar-refractivity contribution in [3.63, 3.8) is 0 Å². The summed E-state index contributed by atoms with van der Waals surface area (Å²) in [5.41, 5.74) is 2.23. The van der Waals surface area contributed by atoms with Crippen molar-refractivity contribution >= 4 is 45.4 Å². The Morgan fingerprint density at radius 2 is 1.83 bits per heavy atom. The van der Waals surface area contributed by atoms with Crippen LogP contribution in [0.3, 0.4) is 0 Å². The highest BCUT2D eigenvalue weighted by atomic mass is 79.9. The summed E-state index contributed by atoms with van der Waals surface area (Å²) >= 11 is 9.44. The Balaban J connectivity index is 1.62. The summed E-state index contributed by atoms with van der Waals surface area (Å²) in [4.78, 5) is 25.2. The van der Waals surface area contributed by atoms with E-state index in [1.165, 1.54) is 6.07 Å². The van der Waals surface area contributed by atoms with Crippen molar-refractivity contribution in [1.82, 2.24) is 0 Å². The van der Waals surface area contributed by atoms with E-state index >= 15 is 0 Å². The van der Waals surface area contributed by atoms with Crippen molar-refractivity contribution in [2.45, 2.75) is 6.92 Å². The van der Waals surface area contributed by atoms with E-state index in [4.69, 9.17) is 21.1 Å². The van der Waals surface area contributed by atoms with Crippen molar-refractivity contribution in [1.29, 1.82) is 0 Å². The van der Waals surface area contributed by atoms with E-state index in [0.717, 1.165) is 10.0 Å². The first-order valence-corrected chi connectivity index (χ1v) is 9.90. The minimum Gasteiger partial charge on any atom is -0.452 e. The zero-order chi connectivity index (χ0) is 20.5. The molecule has 0 radical (unpaired) electrons. The number of carbonyl (C=O) groups excluding carboxylic acids is 2. The second-order valence-electron chi connectivity index (χ2n) is 6.47. The second-order valence-corrected chi connectivity index (χ2v) is 7.80. The Kier molecular flexibility index (Phi) is 5.26. The molecule has 4 nitrogen and oxygen atoms in total. The molecule has 0 unspecified atom stereocenters. The molecule has 1 heterocycles. The number of halogens is 2. The molecule has 0 aromatic heterocycles. The van der Waals surface area contributed by atoms with Crippen LogP contribution >= 0.6 is 27.5 Å². The number of fused-ring (bicyclic) bond motifs is 1. The summed E-state index contributed by atoms with van der Waals surface area (Å²) in [5.74, 6) is 0.0819. The van der Waals surface area contributed by atoms with Gasteiger partial charge in [0.25, 0.3) is 0 Å². The maximum atomic E-state index is 12.8. The van der Waals surface area contributed by atoms with Gasteiger partial charge in [-0.3, -0.25) is 4.79 Å². The van der Waals surface area contributed by atoms with Gasteiger partial charge in [0.2, 0.25) is 5.78 Å². The third-order valence-electron chi connectivity index (χ3n) is 4.42. The predicted molar refractivity (Wildman–Crippen MR) is 115 cm³/mol. The van der Waals surface area contributed by atoms with Gasteiger partial charge in [0.05, 0.1) is 16.1 Å². The molecule has 0 N–H and O–H groups in total. The first kappa shape index (κ1) is 19.4. The van der Waals surface area contributed by atoms with Crippen molar-refractivity contribution in [2.75, 3.05) is 0 Å². The molecule has 0 spiro atoms. The van der Waals surface area contributed by atoms with E-state index < -0.39 is 5.97 Å². The third kappa shape index (κ3) is 3.97. The van der Waals surface area contributed by atoms with Crippen LogP contribution in [0.15, 0.2) is 70.9 Å². The number of rotatable bonds is 3. The number of aryl methyl sites for hydroxylation is 1. The lowest BCUT2D eigenvalue weighted by atomic mass is 10.0. The molecule has 0 bridgehead atoms. The van der Waals surface area contributed by atoms with Crippen LogP contribution in [0.4, 0.5) is 0 Å². The molecule has 0 aliphatic carbocycles. The number of hydrogen-bond acceptors (Lipinski definition) is 4. The smallest absolute Gasteiger partial charge is 0.345 e. The van der Waals surface area contributed by atoms with Crippen LogP contribution in [0.25, 0.3) is 6.08 Å². The molecule has 0 saturated heterocycles. The maximum absolute atomic E-state index is 12.8. The second kappa shape index (κ2) is 7.85. The first-order valence-electron chi connectivity index (χ1n) is 8.73. The normalized spacial score (nSPS) is 13.9. The number of esters is 1. The topological polar surface area (TPSA) is 52.6 Å². The zero-order valence-electron chi connectivity index (χ0n) is 15.2. The fourth-order valence-electron chi connectivity index (χ4n) is 3.04. The molecule has 144 valence electrons. The third-order valence-corrected chi connectivity index (χ3v) is 5.27. The van der Waals surface area contributed by atoms with Crippen LogP contribution in [-0.2, 0) is 0 Å². The van der Waals surface area contributed by atoms with Crippen LogP contribution in [0.1, 0.15) is 31.8 Å². The summed E-state index contributed by atoms with van der Waals surface area (Å²) in [7, 11) is 0. The van der Waals surface area contributed by atoms with Gasteiger partial charge in [-0.1, -0.05) is 51.8 Å². The fourth-order valence-corrected chi connectivity index (χ4v) is 3.51. The number of Topliss-reactive ketones (excluding diaryl/α,β-unsaturated/α-hetero) is 1. The van der Waals surface area contributed by atoms with Crippen LogP contribution < -0.4 is 9.47 Å². The van der Waals surface area contributed by atoms with Gasteiger partial charge in [0.1, 0.15) is 11.5 Å². The Bertz CT molecular complexity index is 1170. The lowest BCUT2D eigenvalue weighted by Gasteiger charge is -2.08. The zero-order valence-corrected chi connectivity index (χ0v) is 17.6. The Hall–Kier alpha value is -2.89. The van der Waals surface area contributed by atoms with Gasteiger partial charge in [-0.2, -0.15) is 0 Å². The predicted octanol–water partition coefficient (Wildman–Crippen LogP) is 6.25. The maximum Gasteiger partial charge on any atom is 0.345 e. The van der Waals surface area contributed by atoms with Crippen molar-refractivity contribution < 1.29 is 19.1 Å². The van der Waals surface area contributed by atoms with Gasteiger partial charge in [-0.05, 0) is 54.5 Å². The highest BCUT2D eigenvalue weighted by Crippen LogP contribution is 2.38. The molecule has 1 aliphatic heterocycles. The van der Waals surface area contributed by atoms with Gasteiger partial charge in [-0.25, -0.2) is 4.79 Å². The lowest BCUT2D eigenvalue weighted by molar-refractivity contribution is 0.0734. The van der Waals surface area contributed by atoms with E-state index in [2.05, 4.69) is 15.9 Å². The molecular weight excluding hydrogens is 456 g/mol. The highest BCUT2D eigenvalue weighted by Gasteiger charge is 2.30. The van der Waals surface area contributed by atoms with Crippen LogP contribution in [0, 0.1) is 6.92 Å². The largest absolute Gasteiger partial charge is 0.452 e. The summed E-state index contributed by atoms with van der Waals surface area (Å²) in [6, 6.07) is 17.3. The number of carbonyl (C=O) groups is 2. The lowest BCUT2D eigenvalue weighted by Crippen LogP contribution is -2.09. The standard InChI is InChI=1S/C23H14BrClO4/c1-13-10-16(28-23(27)17-4-2-3-5-18(17)25)12-19-21(13)22(26)20(29-19)11-14-6-8-15(24)9-7-14/h2-12H,1H3/b20-11-. The first-order chi connectivity index (χ1) is 13.9. The molecule has 3 aromatic carbocycles. The van der Waals surface area contributed by atoms with Gasteiger partial charge >= 0.3 is 5.97 Å². The number of hydrogen-bond donors (Lipinski definition) is 0. The quantitative estimate of drug-likeness (QED) is 0.259. The van der Waals surface area contributed by atoms with Gasteiger partial charge in [-0.15, -0.1) is 0 Å². The Morgan fingerprint density at radius 1 is 1.10 bits per heavy atom. The van der Waals surface area contributed by atoms with Crippen molar-refractivity contribution in [3.8, 4) is 11.5 Å². The highest BCUT2D eigenvalue weighted by molar-refractivity contribution is 9.10. The van der Waals surface area contributed by atoms with Crippen molar-refractivity contribution in [3.05, 3.63) is 98.2 Å². The minimum atomic E-state index is -0.579. The number of allylic oxidation sites excluding steroid dienone is 1. The summed E-state index contributed by atoms with van der Waals surface area (Å²) in [5, 5.41) is 0.307. The Morgan fingerprint density at radius 3 is 2.55 bits per heavy atom. The molecule has 0 amide bonds. The van der Waals surface area contributed by atoms with E-state index in [1.807, 2.05) is 24.3 Å². The molecule has 3 aromatic rings.